The summed E-state index contributed by atoms with van der Waals surface area (Å²) < 4.78 is 12.7. The molecule has 0 atom stereocenters. The van der Waals surface area contributed by atoms with Crippen molar-refractivity contribution in [3.63, 3.8) is 0 Å². The summed E-state index contributed by atoms with van der Waals surface area (Å²) in [7, 11) is 0. The van der Waals surface area contributed by atoms with E-state index < -0.39 is 5.97 Å². The maximum Gasteiger partial charge on any atom is 0.335 e. The van der Waals surface area contributed by atoms with Gasteiger partial charge in [0.15, 0.2) is 11.5 Å². The molecule has 0 radical (unpaired) electrons. The zero-order valence-corrected chi connectivity index (χ0v) is 18.7. The van der Waals surface area contributed by atoms with Crippen LogP contribution >= 0.6 is 27.5 Å². The number of halogens is 2. The van der Waals surface area contributed by atoms with Gasteiger partial charge in [0.1, 0.15) is 6.61 Å². The van der Waals surface area contributed by atoms with Crippen molar-refractivity contribution < 1.29 is 19.4 Å². The molecule has 0 aliphatic heterocycles. The van der Waals surface area contributed by atoms with E-state index >= 15 is 0 Å². The predicted octanol–water partition coefficient (Wildman–Crippen LogP) is 6.39. The van der Waals surface area contributed by atoms with Crippen LogP contribution in [0.2, 0.25) is 5.02 Å². The molecule has 0 amide bonds. The summed E-state index contributed by atoms with van der Waals surface area (Å²) in [6, 6.07) is 18.2. The smallest absolute Gasteiger partial charge is 0.335 e. The zero-order valence-electron chi connectivity index (χ0n) is 16.3. The van der Waals surface area contributed by atoms with Crippen LogP contribution < -0.4 is 14.8 Å². The lowest BCUT2D eigenvalue weighted by atomic mass is 10.1. The highest BCUT2D eigenvalue weighted by atomic mass is 79.9. The molecule has 30 heavy (non-hydrogen) atoms. The molecule has 0 spiro atoms. The minimum absolute atomic E-state index is 0.227. The number of carboxylic acid groups (broad SMARTS) is 1. The molecule has 0 unspecified atom stereocenters. The number of anilines is 1. The first-order chi connectivity index (χ1) is 14.5. The summed E-state index contributed by atoms with van der Waals surface area (Å²) in [5.41, 5.74) is 2.84. The third-order valence-electron chi connectivity index (χ3n) is 4.27. The minimum atomic E-state index is -0.965. The molecule has 5 nitrogen and oxygen atoms in total. The third kappa shape index (κ3) is 5.90. The summed E-state index contributed by atoms with van der Waals surface area (Å²) in [6.45, 7) is 3.19. The molecule has 0 saturated carbocycles. The van der Waals surface area contributed by atoms with E-state index in [1.54, 1.807) is 18.2 Å². The van der Waals surface area contributed by atoms with Crippen molar-refractivity contribution in [2.45, 2.75) is 20.1 Å². The zero-order chi connectivity index (χ0) is 21.5. The van der Waals surface area contributed by atoms with Crippen LogP contribution in [0.25, 0.3) is 0 Å². The number of hydrogen-bond donors (Lipinski definition) is 2. The van der Waals surface area contributed by atoms with E-state index in [4.69, 9.17) is 26.2 Å². The lowest BCUT2D eigenvalue weighted by molar-refractivity contribution is 0.0697. The normalized spacial score (nSPS) is 10.5. The van der Waals surface area contributed by atoms with Crippen molar-refractivity contribution in [3.8, 4) is 11.5 Å². The first kappa shape index (κ1) is 22.0. The molecule has 3 rings (SSSR count). The van der Waals surface area contributed by atoms with Crippen LogP contribution in [-0.2, 0) is 13.2 Å². The SMILES string of the molecule is CCOc1cc(CNc2cccc(C(=O)O)c2)cc(Cl)c1OCc1ccc(Br)cc1. The van der Waals surface area contributed by atoms with Gasteiger partial charge in [-0.25, -0.2) is 4.79 Å². The molecular formula is C23H21BrClNO4. The van der Waals surface area contributed by atoms with E-state index in [2.05, 4.69) is 21.2 Å². The van der Waals surface area contributed by atoms with E-state index in [0.29, 0.717) is 42.0 Å². The van der Waals surface area contributed by atoms with Crippen LogP contribution in [0, 0.1) is 0 Å². The van der Waals surface area contributed by atoms with Gasteiger partial charge in [0.2, 0.25) is 0 Å². The Kier molecular flexibility index (Phi) is 7.60. The second kappa shape index (κ2) is 10.4. The molecule has 0 aliphatic carbocycles. The molecule has 3 aromatic rings. The summed E-state index contributed by atoms with van der Waals surface area (Å²) in [5, 5.41) is 12.8. The van der Waals surface area contributed by atoms with Gasteiger partial charge >= 0.3 is 5.97 Å². The van der Waals surface area contributed by atoms with Crippen LogP contribution in [0.3, 0.4) is 0 Å². The lowest BCUT2D eigenvalue weighted by Gasteiger charge is -2.16. The van der Waals surface area contributed by atoms with Crippen molar-refractivity contribution in [3.05, 3.63) is 86.8 Å². The third-order valence-corrected chi connectivity index (χ3v) is 5.08. The summed E-state index contributed by atoms with van der Waals surface area (Å²) in [4.78, 5) is 11.1. The van der Waals surface area contributed by atoms with E-state index in [1.807, 2.05) is 49.4 Å². The van der Waals surface area contributed by atoms with E-state index in [1.165, 1.54) is 0 Å². The van der Waals surface area contributed by atoms with E-state index in [9.17, 15) is 4.79 Å². The number of rotatable bonds is 9. The number of carboxylic acids is 1. The Labute approximate surface area is 188 Å². The Bertz CT molecular complexity index is 1020. The highest BCUT2D eigenvalue weighted by Gasteiger charge is 2.13. The van der Waals surface area contributed by atoms with Gasteiger partial charge in [-0.1, -0.05) is 45.7 Å². The van der Waals surface area contributed by atoms with Crippen LogP contribution in [-0.4, -0.2) is 17.7 Å². The van der Waals surface area contributed by atoms with Gasteiger partial charge < -0.3 is 19.9 Å². The van der Waals surface area contributed by atoms with Gasteiger partial charge in [0, 0.05) is 16.7 Å². The first-order valence-electron chi connectivity index (χ1n) is 9.36. The number of nitrogens with one attached hydrogen (secondary N) is 1. The Morgan fingerprint density at radius 3 is 2.53 bits per heavy atom. The molecule has 0 aromatic heterocycles. The molecule has 0 fully saturated rings. The standard InChI is InChI=1S/C23H21BrClNO4/c1-2-29-21-11-16(13-26-19-5-3-4-17(12-19)23(27)28)10-20(25)22(21)30-14-15-6-8-18(24)9-7-15/h3-12,26H,2,13-14H2,1H3,(H,27,28). The largest absolute Gasteiger partial charge is 0.490 e. The Morgan fingerprint density at radius 2 is 1.83 bits per heavy atom. The minimum Gasteiger partial charge on any atom is -0.490 e. The van der Waals surface area contributed by atoms with Crippen LogP contribution in [0.15, 0.2) is 65.1 Å². The highest BCUT2D eigenvalue weighted by molar-refractivity contribution is 9.10. The molecule has 0 bridgehead atoms. The molecule has 7 heteroatoms. The van der Waals surface area contributed by atoms with Gasteiger partial charge in [-0.2, -0.15) is 0 Å². The number of aromatic carboxylic acids is 1. The van der Waals surface area contributed by atoms with Gasteiger partial charge in [0.05, 0.1) is 17.2 Å². The highest BCUT2D eigenvalue weighted by Crippen LogP contribution is 2.37. The van der Waals surface area contributed by atoms with E-state index in [0.717, 1.165) is 15.6 Å². The fourth-order valence-electron chi connectivity index (χ4n) is 2.83. The Balaban J connectivity index is 1.74. The second-order valence-electron chi connectivity index (χ2n) is 6.49. The number of carbonyl (C=O) groups is 1. The van der Waals surface area contributed by atoms with Crippen LogP contribution in [0.5, 0.6) is 11.5 Å². The monoisotopic (exact) mass is 489 g/mol. The average molecular weight is 491 g/mol. The molecule has 0 heterocycles. The Hall–Kier alpha value is -2.70. The van der Waals surface area contributed by atoms with Crippen LogP contribution in [0.4, 0.5) is 5.69 Å². The maximum absolute atomic E-state index is 11.1. The van der Waals surface area contributed by atoms with Crippen molar-refractivity contribution in [2.75, 3.05) is 11.9 Å². The molecular weight excluding hydrogens is 470 g/mol. The summed E-state index contributed by atoms with van der Waals surface area (Å²) >= 11 is 9.91. The molecule has 3 aromatic carbocycles. The van der Waals surface area contributed by atoms with Crippen molar-refractivity contribution in [1.82, 2.24) is 0 Å². The number of ether oxygens (including phenoxy) is 2. The fraction of sp³-hybridized carbons (Fsp3) is 0.174. The fourth-order valence-corrected chi connectivity index (χ4v) is 3.38. The molecule has 156 valence electrons. The Morgan fingerprint density at radius 1 is 1.07 bits per heavy atom. The van der Waals surface area contributed by atoms with Gasteiger partial charge in [-0.05, 0) is 60.5 Å². The molecule has 0 saturated heterocycles. The van der Waals surface area contributed by atoms with Gasteiger partial charge in [-0.15, -0.1) is 0 Å². The van der Waals surface area contributed by atoms with E-state index in [-0.39, 0.29) is 5.56 Å². The van der Waals surface area contributed by atoms with Crippen molar-refractivity contribution in [1.29, 1.82) is 0 Å². The summed E-state index contributed by atoms with van der Waals surface area (Å²) in [6.07, 6.45) is 0. The predicted molar refractivity (Wildman–Crippen MR) is 122 cm³/mol. The lowest BCUT2D eigenvalue weighted by Crippen LogP contribution is -2.04. The topological polar surface area (TPSA) is 67.8 Å². The van der Waals surface area contributed by atoms with Gasteiger partial charge in [0.25, 0.3) is 0 Å². The molecule has 0 aliphatic rings. The quantitative estimate of drug-likeness (QED) is 0.364. The van der Waals surface area contributed by atoms with Crippen molar-refractivity contribution in [2.24, 2.45) is 0 Å². The second-order valence-corrected chi connectivity index (χ2v) is 7.82. The number of benzene rings is 3. The number of hydrogen-bond acceptors (Lipinski definition) is 4. The van der Waals surface area contributed by atoms with Crippen LogP contribution in [0.1, 0.15) is 28.4 Å². The van der Waals surface area contributed by atoms with Gasteiger partial charge in [-0.3, -0.25) is 0 Å². The average Bonchev–Trinajstić information content (AvgIpc) is 2.73. The summed E-state index contributed by atoms with van der Waals surface area (Å²) in [5.74, 6) is 0.101. The molecule has 2 N–H and O–H groups in total. The van der Waals surface area contributed by atoms with Crippen molar-refractivity contribution >= 4 is 39.2 Å². The first-order valence-corrected chi connectivity index (χ1v) is 10.5. The maximum atomic E-state index is 11.1.